The Morgan fingerprint density at radius 3 is 2.61 bits per heavy atom. The van der Waals surface area contributed by atoms with Crippen molar-refractivity contribution >= 4 is 34.9 Å². The van der Waals surface area contributed by atoms with Crippen molar-refractivity contribution in [2.75, 3.05) is 12.4 Å². The summed E-state index contributed by atoms with van der Waals surface area (Å²) in [4.78, 5) is 49.2. The van der Waals surface area contributed by atoms with Crippen molar-refractivity contribution in [3.8, 4) is 17.3 Å². The Morgan fingerprint density at radius 2 is 1.90 bits per heavy atom. The number of carbonyl (C=O) groups is 3. The van der Waals surface area contributed by atoms with Crippen molar-refractivity contribution < 1.29 is 37.8 Å². The number of hydrogen-bond acceptors (Lipinski definition) is 11. The van der Waals surface area contributed by atoms with Crippen molar-refractivity contribution in [2.45, 2.75) is 71.2 Å². The molecule has 49 heavy (non-hydrogen) atoms. The number of aliphatic hydroxyl groups excluding tert-OH is 1. The molecule has 0 saturated carbocycles. The molecule has 3 N–H and O–H groups in total. The smallest absolute Gasteiger partial charge is 0.360 e. The number of hydrogen-bond donors (Lipinski definition) is 3. The highest BCUT2D eigenvalue weighted by molar-refractivity contribution is 6.30. The second kappa shape index (κ2) is 11.7. The Morgan fingerprint density at radius 1 is 1.12 bits per heavy atom. The van der Waals surface area contributed by atoms with Gasteiger partial charge in [-0.15, -0.1) is 0 Å². The van der Waals surface area contributed by atoms with Gasteiger partial charge in [-0.25, -0.2) is 14.8 Å². The first kappa shape index (κ1) is 32.8. The first-order valence-corrected chi connectivity index (χ1v) is 16.5. The number of anilines is 1. The number of carbonyl (C=O) groups excluding carboxylic acids is 3. The SMILES string of the molecule is COC(=O)c1coc(-c2nc3oc2C24c5cc(Cl)ccc5N[C@H]2Oc2ccc(cc24)C[C@H](CC(=O)[C@@H](O)C(C)C)C(=O)N[C@H]3C(C)(C)C)n1. The summed E-state index contributed by atoms with van der Waals surface area (Å²) < 4.78 is 24.1. The van der Waals surface area contributed by atoms with Gasteiger partial charge in [0.15, 0.2) is 29.2 Å². The van der Waals surface area contributed by atoms with Gasteiger partial charge in [-0.3, -0.25) is 9.59 Å². The molecule has 3 aliphatic rings. The van der Waals surface area contributed by atoms with Crippen LogP contribution in [0.1, 0.15) is 85.9 Å². The second-order valence-corrected chi connectivity index (χ2v) is 14.7. The fourth-order valence-corrected chi connectivity index (χ4v) is 7.18. The van der Waals surface area contributed by atoms with Crippen LogP contribution in [-0.4, -0.2) is 52.2 Å². The van der Waals surface area contributed by atoms with E-state index >= 15 is 0 Å². The van der Waals surface area contributed by atoms with Crippen LogP contribution >= 0.6 is 11.6 Å². The van der Waals surface area contributed by atoms with E-state index < -0.39 is 46.9 Å². The maximum Gasteiger partial charge on any atom is 0.360 e. The van der Waals surface area contributed by atoms with Crippen molar-refractivity contribution in [2.24, 2.45) is 17.3 Å². The van der Waals surface area contributed by atoms with Crippen molar-refractivity contribution in [3.05, 3.63) is 81.7 Å². The molecule has 256 valence electrons. The van der Waals surface area contributed by atoms with Gasteiger partial charge in [0.25, 0.3) is 0 Å². The van der Waals surface area contributed by atoms with E-state index in [-0.39, 0.29) is 47.8 Å². The molecule has 0 fully saturated rings. The number of benzene rings is 2. The van der Waals surface area contributed by atoms with E-state index in [9.17, 15) is 19.5 Å². The lowest BCUT2D eigenvalue weighted by molar-refractivity contribution is -0.135. The molecule has 4 aromatic rings. The van der Waals surface area contributed by atoms with E-state index in [4.69, 9.17) is 34.9 Å². The summed E-state index contributed by atoms with van der Waals surface area (Å²) in [5.74, 6) is -1.58. The minimum absolute atomic E-state index is 0.00129. The number of esters is 1. The monoisotopic (exact) mass is 688 g/mol. The van der Waals surface area contributed by atoms with Crippen LogP contribution in [0.5, 0.6) is 5.75 Å². The summed E-state index contributed by atoms with van der Waals surface area (Å²) in [6.45, 7) is 9.32. The predicted molar refractivity (Wildman–Crippen MR) is 177 cm³/mol. The molecule has 1 unspecified atom stereocenters. The quantitative estimate of drug-likeness (QED) is 0.216. The number of amides is 1. The first-order chi connectivity index (χ1) is 23.2. The molecule has 7 rings (SSSR count). The number of ether oxygens (including phenoxy) is 2. The van der Waals surface area contributed by atoms with E-state index in [1.165, 1.54) is 13.4 Å². The second-order valence-electron chi connectivity index (χ2n) is 14.3. The Bertz CT molecular complexity index is 1990. The number of ketones is 1. The minimum Gasteiger partial charge on any atom is -0.469 e. The first-order valence-electron chi connectivity index (χ1n) is 16.2. The zero-order valence-corrected chi connectivity index (χ0v) is 28.7. The van der Waals surface area contributed by atoms with Gasteiger partial charge in [-0.05, 0) is 47.6 Å². The molecular formula is C36H37ClN4O8. The van der Waals surface area contributed by atoms with Crippen LogP contribution in [0.3, 0.4) is 0 Å². The fourth-order valence-electron chi connectivity index (χ4n) is 7.01. The van der Waals surface area contributed by atoms with Gasteiger partial charge in [0.1, 0.15) is 29.6 Å². The average Bonchev–Trinajstić information content (AvgIpc) is 3.83. The molecule has 4 bridgehead atoms. The molecule has 3 aliphatic heterocycles. The van der Waals surface area contributed by atoms with Crippen LogP contribution in [0.4, 0.5) is 5.69 Å². The van der Waals surface area contributed by atoms with Crippen molar-refractivity contribution in [3.63, 3.8) is 0 Å². The maximum atomic E-state index is 14.2. The highest BCUT2D eigenvalue weighted by atomic mass is 35.5. The summed E-state index contributed by atoms with van der Waals surface area (Å²) >= 11 is 6.64. The number of halogens is 1. The molecule has 1 spiro atoms. The number of aromatic nitrogens is 2. The van der Waals surface area contributed by atoms with Crippen LogP contribution in [0, 0.1) is 17.3 Å². The number of aliphatic hydroxyl groups is 1. The summed E-state index contributed by atoms with van der Waals surface area (Å²) in [6, 6.07) is 10.3. The highest BCUT2D eigenvalue weighted by Gasteiger charge is 2.61. The van der Waals surface area contributed by atoms with E-state index in [0.717, 1.165) is 16.8 Å². The van der Waals surface area contributed by atoms with Crippen LogP contribution in [0.15, 0.2) is 51.5 Å². The molecule has 13 heteroatoms. The standard InChI is InChI=1S/C36H37ClN4O8/c1-16(2)27(43)24(42)13-18-11-17-7-10-25-21(12-17)36(20-14-19(37)8-9-22(20)39-34(36)48-25)29-26(31-38-23(15-47-31)33(45)46-6)40-32(49-29)28(35(3,4)5)41-30(18)44/h7-10,12,14-16,18,27-28,34,39,43H,11,13H2,1-6H3,(H,41,44)/t18-,27+,28-,34+,36?/m1/s1. The van der Waals surface area contributed by atoms with Gasteiger partial charge in [0, 0.05) is 34.2 Å². The van der Waals surface area contributed by atoms with E-state index in [0.29, 0.717) is 22.1 Å². The summed E-state index contributed by atoms with van der Waals surface area (Å²) in [6.07, 6.45) is -0.690. The van der Waals surface area contributed by atoms with Gasteiger partial charge < -0.3 is 34.0 Å². The van der Waals surface area contributed by atoms with Gasteiger partial charge in [0.2, 0.25) is 17.7 Å². The average molecular weight is 689 g/mol. The number of nitrogens with zero attached hydrogens (tertiary/aromatic N) is 2. The Balaban J connectivity index is 1.51. The van der Waals surface area contributed by atoms with E-state index in [2.05, 4.69) is 15.6 Å². The van der Waals surface area contributed by atoms with Gasteiger partial charge >= 0.3 is 5.97 Å². The van der Waals surface area contributed by atoms with Gasteiger partial charge in [-0.2, -0.15) is 0 Å². The molecule has 0 radical (unpaired) electrons. The Hall–Kier alpha value is -4.68. The van der Waals surface area contributed by atoms with E-state index in [1.807, 2.05) is 51.1 Å². The molecular weight excluding hydrogens is 652 g/mol. The maximum absolute atomic E-state index is 14.2. The third-order valence-electron chi connectivity index (χ3n) is 9.56. The Kier molecular flexibility index (Phi) is 7.86. The molecule has 2 aromatic carbocycles. The van der Waals surface area contributed by atoms with Crippen LogP contribution in [0.2, 0.25) is 5.02 Å². The number of nitrogens with one attached hydrogen (secondary N) is 2. The lowest BCUT2D eigenvalue weighted by atomic mass is 9.72. The van der Waals surface area contributed by atoms with Crippen LogP contribution < -0.4 is 15.4 Å². The molecule has 12 nitrogen and oxygen atoms in total. The third kappa shape index (κ3) is 5.28. The predicted octanol–water partition coefficient (Wildman–Crippen LogP) is 5.60. The lowest BCUT2D eigenvalue weighted by Crippen LogP contribution is -2.42. The van der Waals surface area contributed by atoms with Crippen LogP contribution in [0.25, 0.3) is 11.6 Å². The Labute approximate surface area is 287 Å². The number of oxazole rings is 2. The van der Waals surface area contributed by atoms with Crippen molar-refractivity contribution in [1.29, 1.82) is 0 Å². The topological polar surface area (TPSA) is 166 Å². The van der Waals surface area contributed by atoms with Crippen LogP contribution in [-0.2, 0) is 26.2 Å². The summed E-state index contributed by atoms with van der Waals surface area (Å²) in [5.41, 5.74) is 1.31. The molecule has 2 aromatic heterocycles. The zero-order chi connectivity index (χ0) is 35.0. The highest BCUT2D eigenvalue weighted by Crippen LogP contribution is 2.60. The van der Waals surface area contributed by atoms with Crippen molar-refractivity contribution in [1.82, 2.24) is 15.3 Å². The summed E-state index contributed by atoms with van der Waals surface area (Å²) in [7, 11) is 1.25. The minimum atomic E-state index is -1.21. The van der Waals surface area contributed by atoms with E-state index in [1.54, 1.807) is 19.9 Å². The van der Waals surface area contributed by atoms with Gasteiger partial charge in [-0.1, -0.05) is 58.4 Å². The molecule has 0 aliphatic carbocycles. The molecule has 5 heterocycles. The zero-order valence-electron chi connectivity index (χ0n) is 27.9. The van der Waals surface area contributed by atoms with Gasteiger partial charge in [0.05, 0.1) is 7.11 Å². The summed E-state index contributed by atoms with van der Waals surface area (Å²) in [5, 5.41) is 17.7. The number of Topliss-reactive ketones (excluding diaryl/α,β-unsaturated/α-hetero) is 1. The molecule has 5 atom stereocenters. The fraction of sp³-hybridized carbons (Fsp3) is 0.417. The number of methoxy groups -OCH3 is 1. The molecule has 0 saturated heterocycles. The third-order valence-corrected chi connectivity index (χ3v) is 9.80. The number of rotatable bonds is 6. The lowest BCUT2D eigenvalue weighted by Gasteiger charge is -2.32. The number of fused-ring (bicyclic) bond motifs is 4. The normalized spacial score (nSPS) is 23.0. The largest absolute Gasteiger partial charge is 0.469 e. The molecule has 1 amide bonds.